The van der Waals surface area contributed by atoms with E-state index in [2.05, 4.69) is 32.2 Å². The van der Waals surface area contributed by atoms with Crippen LogP contribution in [0.3, 0.4) is 0 Å². The minimum Gasteiger partial charge on any atom is -0.383 e. The zero-order valence-corrected chi connectivity index (χ0v) is 22.3. The minimum atomic E-state index is -0.257. The number of nitrogens with two attached hydrogens (primary N) is 1. The van der Waals surface area contributed by atoms with Crippen LogP contribution in [0.15, 0.2) is 67.1 Å². The first-order chi connectivity index (χ1) is 19.5. The van der Waals surface area contributed by atoms with Gasteiger partial charge in [-0.05, 0) is 50.6 Å². The van der Waals surface area contributed by atoms with Gasteiger partial charge in [-0.25, -0.2) is 19.6 Å². The van der Waals surface area contributed by atoms with E-state index in [4.69, 9.17) is 10.8 Å². The first-order valence-electron chi connectivity index (χ1n) is 13.4. The molecular weight excluding hydrogens is 506 g/mol. The van der Waals surface area contributed by atoms with Crippen LogP contribution in [0.2, 0.25) is 0 Å². The molecular formula is C29H31N9O2. The maximum Gasteiger partial charge on any atom is 0.256 e. The number of hydrogen-bond acceptors (Lipinski definition) is 8. The molecule has 0 radical (unpaired) electrons. The lowest BCUT2D eigenvalue weighted by molar-refractivity contribution is -0.125. The van der Waals surface area contributed by atoms with Gasteiger partial charge in [-0.3, -0.25) is 14.5 Å². The van der Waals surface area contributed by atoms with Crippen molar-refractivity contribution in [1.29, 1.82) is 0 Å². The summed E-state index contributed by atoms with van der Waals surface area (Å²) in [6, 6.07) is 13.1. The second-order valence-electron chi connectivity index (χ2n) is 10.3. The van der Waals surface area contributed by atoms with Crippen LogP contribution in [0.25, 0.3) is 22.3 Å². The summed E-state index contributed by atoms with van der Waals surface area (Å²) in [6.45, 7) is 1.96. The van der Waals surface area contributed by atoms with Crippen LogP contribution in [-0.4, -0.2) is 79.1 Å². The largest absolute Gasteiger partial charge is 0.383 e. The van der Waals surface area contributed by atoms with Gasteiger partial charge in [-0.1, -0.05) is 24.3 Å². The van der Waals surface area contributed by atoms with Crippen molar-refractivity contribution in [3.05, 3.63) is 72.7 Å². The third-order valence-electron chi connectivity index (χ3n) is 7.49. The Morgan fingerprint density at radius 2 is 1.93 bits per heavy atom. The van der Waals surface area contributed by atoms with Gasteiger partial charge in [0.25, 0.3) is 5.91 Å². The number of carbonyl (C=O) groups excluding carboxylic acids is 2. The lowest BCUT2D eigenvalue weighted by Gasteiger charge is -2.16. The Kier molecular flexibility index (Phi) is 6.95. The molecule has 4 aromatic rings. The number of likely N-dealkylation sites (N-methyl/N-ethyl adjacent to an activating group) is 1. The molecule has 1 saturated carbocycles. The highest BCUT2D eigenvalue weighted by Gasteiger charge is 2.30. The number of carbonyl (C=O) groups is 2. The summed E-state index contributed by atoms with van der Waals surface area (Å²) in [5.41, 5.74) is 8.83. The molecule has 1 aromatic carbocycles. The predicted molar refractivity (Wildman–Crippen MR) is 152 cm³/mol. The van der Waals surface area contributed by atoms with Gasteiger partial charge in [0, 0.05) is 49.1 Å². The van der Waals surface area contributed by atoms with Crippen LogP contribution in [0, 0.1) is 0 Å². The van der Waals surface area contributed by atoms with Gasteiger partial charge in [0.05, 0.1) is 11.4 Å². The van der Waals surface area contributed by atoms with Gasteiger partial charge in [0.15, 0.2) is 5.65 Å². The van der Waals surface area contributed by atoms with Crippen molar-refractivity contribution < 1.29 is 9.59 Å². The molecule has 1 saturated heterocycles. The third kappa shape index (κ3) is 5.28. The molecule has 11 heteroatoms. The van der Waals surface area contributed by atoms with Crippen molar-refractivity contribution in [3.8, 4) is 11.3 Å². The molecule has 6 rings (SSSR count). The van der Waals surface area contributed by atoms with E-state index in [0.717, 1.165) is 18.5 Å². The number of nitrogen functional groups attached to an aromatic ring is 1. The third-order valence-corrected chi connectivity index (χ3v) is 7.49. The summed E-state index contributed by atoms with van der Waals surface area (Å²) in [5, 5.41) is 8.35. The molecule has 3 N–H and O–H groups in total. The molecule has 11 nitrogen and oxygen atoms in total. The van der Waals surface area contributed by atoms with E-state index in [0.29, 0.717) is 53.1 Å². The Morgan fingerprint density at radius 1 is 1.10 bits per heavy atom. The van der Waals surface area contributed by atoms with E-state index in [1.54, 1.807) is 36.5 Å². The molecule has 40 heavy (non-hydrogen) atoms. The molecule has 1 unspecified atom stereocenters. The van der Waals surface area contributed by atoms with Gasteiger partial charge in [0.2, 0.25) is 5.91 Å². The van der Waals surface area contributed by atoms with Gasteiger partial charge in [0.1, 0.15) is 23.7 Å². The quantitative estimate of drug-likeness (QED) is 0.327. The minimum absolute atomic E-state index is 0.0112. The number of fused-ring (bicyclic) bond motifs is 1. The first kappa shape index (κ1) is 25.6. The highest BCUT2D eigenvalue weighted by atomic mass is 16.2. The first-order valence-corrected chi connectivity index (χ1v) is 13.4. The number of nitrogens with zero attached hydrogens (tertiary/aromatic N) is 7. The lowest BCUT2D eigenvalue weighted by atomic mass is 10.1. The molecule has 2 fully saturated rings. The zero-order chi connectivity index (χ0) is 27.6. The predicted octanol–water partition coefficient (Wildman–Crippen LogP) is 3.15. The molecule has 204 valence electrons. The van der Waals surface area contributed by atoms with E-state index >= 15 is 0 Å². The fourth-order valence-corrected chi connectivity index (χ4v) is 5.09. The molecule has 1 aliphatic carbocycles. The summed E-state index contributed by atoms with van der Waals surface area (Å²) >= 11 is 0. The van der Waals surface area contributed by atoms with Crippen LogP contribution in [0.5, 0.6) is 0 Å². The van der Waals surface area contributed by atoms with Crippen molar-refractivity contribution in [1.82, 2.24) is 34.5 Å². The summed E-state index contributed by atoms with van der Waals surface area (Å²) in [4.78, 5) is 42.5. The Labute approximate surface area is 231 Å². The van der Waals surface area contributed by atoms with E-state index < -0.39 is 0 Å². The normalized spacial score (nSPS) is 17.2. The fraction of sp³-hybridized carbons (Fsp3) is 0.310. The number of benzene rings is 1. The van der Waals surface area contributed by atoms with Crippen LogP contribution in [0.1, 0.15) is 35.7 Å². The van der Waals surface area contributed by atoms with E-state index in [1.807, 2.05) is 33.9 Å². The fourth-order valence-electron chi connectivity index (χ4n) is 5.09. The van der Waals surface area contributed by atoms with Crippen LogP contribution in [-0.2, 0) is 4.79 Å². The van der Waals surface area contributed by atoms with Crippen molar-refractivity contribution in [2.45, 2.75) is 31.3 Å². The van der Waals surface area contributed by atoms with E-state index in [9.17, 15) is 9.59 Å². The molecule has 0 spiro atoms. The monoisotopic (exact) mass is 537 g/mol. The standard InChI is InChI=1S/C29H31N9O2/c1-36(21-11-12-21)15-4-6-24(39)37-16-13-22(17-37)38-28-25(27(30)32-18-33-28)26(35-38)19-7-9-20(10-8-19)29(40)34-23-5-2-3-14-31-23/h2-10,14,18,21-22H,11-13,15-17H2,1H3,(H2,30,32,33)(H,31,34,40). The van der Waals surface area contributed by atoms with Crippen LogP contribution >= 0.6 is 0 Å². The number of aromatic nitrogens is 5. The van der Waals surface area contributed by atoms with E-state index in [1.165, 1.54) is 19.2 Å². The Hall–Kier alpha value is -4.64. The average Bonchev–Trinajstić information content (AvgIpc) is 3.58. The second kappa shape index (κ2) is 10.9. The second-order valence-corrected chi connectivity index (χ2v) is 10.3. The maximum absolute atomic E-state index is 12.8. The Bertz CT molecular complexity index is 1560. The van der Waals surface area contributed by atoms with Crippen LogP contribution < -0.4 is 11.1 Å². The van der Waals surface area contributed by atoms with Crippen molar-refractivity contribution in [2.75, 3.05) is 37.7 Å². The number of pyridine rings is 1. The molecule has 0 bridgehead atoms. The molecule has 1 atom stereocenters. The average molecular weight is 538 g/mol. The number of amides is 2. The number of rotatable bonds is 8. The lowest BCUT2D eigenvalue weighted by Crippen LogP contribution is -2.28. The molecule has 2 aliphatic rings. The van der Waals surface area contributed by atoms with Gasteiger partial charge in [-0.2, -0.15) is 5.10 Å². The van der Waals surface area contributed by atoms with Crippen molar-refractivity contribution in [3.63, 3.8) is 0 Å². The molecule has 2 amide bonds. The van der Waals surface area contributed by atoms with Gasteiger partial charge < -0.3 is 16.0 Å². The van der Waals surface area contributed by atoms with Crippen molar-refractivity contribution in [2.24, 2.45) is 0 Å². The summed E-state index contributed by atoms with van der Waals surface area (Å²) < 4.78 is 1.86. The van der Waals surface area contributed by atoms with Crippen molar-refractivity contribution >= 4 is 34.5 Å². The smallest absolute Gasteiger partial charge is 0.256 e. The Balaban J connectivity index is 1.20. The highest BCUT2D eigenvalue weighted by molar-refractivity contribution is 6.04. The van der Waals surface area contributed by atoms with E-state index in [-0.39, 0.29) is 17.9 Å². The summed E-state index contributed by atoms with van der Waals surface area (Å²) in [7, 11) is 2.09. The van der Waals surface area contributed by atoms with Gasteiger partial charge in [-0.15, -0.1) is 0 Å². The highest BCUT2D eigenvalue weighted by Crippen LogP contribution is 2.34. The number of anilines is 2. The van der Waals surface area contributed by atoms with Gasteiger partial charge >= 0.3 is 0 Å². The maximum atomic E-state index is 12.8. The summed E-state index contributed by atoms with van der Waals surface area (Å²) in [5.74, 6) is 0.567. The topological polar surface area (TPSA) is 135 Å². The van der Waals surface area contributed by atoms with Crippen LogP contribution in [0.4, 0.5) is 11.6 Å². The number of hydrogen-bond donors (Lipinski definition) is 2. The Morgan fingerprint density at radius 3 is 2.67 bits per heavy atom. The number of likely N-dealkylation sites (tertiary alicyclic amines) is 1. The number of nitrogens with one attached hydrogen (secondary N) is 1. The zero-order valence-electron chi connectivity index (χ0n) is 22.3. The molecule has 3 aromatic heterocycles. The molecule has 1 aliphatic heterocycles. The SMILES string of the molecule is CN(CC=CC(=O)N1CCC(n2nc(-c3ccc(C(=O)Nc4ccccn4)cc3)c3c(N)ncnc32)C1)C1CC1. The molecule has 4 heterocycles. The summed E-state index contributed by atoms with van der Waals surface area (Å²) in [6.07, 6.45) is 9.92.